The summed E-state index contributed by atoms with van der Waals surface area (Å²) in [5, 5.41) is 0. The molecule has 2 aromatic rings. The lowest BCUT2D eigenvalue weighted by Crippen LogP contribution is -2.49. The molecular weight excluding hydrogens is 320 g/mol. The molecule has 0 radical (unpaired) electrons. The molecule has 138 valence electrons. The first-order chi connectivity index (χ1) is 12.5. The Kier molecular flexibility index (Phi) is 5.65. The second kappa shape index (κ2) is 7.94. The summed E-state index contributed by atoms with van der Waals surface area (Å²) in [5.74, 6) is 0.281. The van der Waals surface area contributed by atoms with E-state index >= 15 is 0 Å². The first kappa shape index (κ1) is 18.5. The SMILES string of the molecule is Cc1ccc(CCC(=O)N2CCN(c3cccc(C)c3C)CC2)cc1C. The molecule has 0 N–H and O–H groups in total. The number of carbonyl (C=O) groups is 1. The van der Waals surface area contributed by atoms with Crippen molar-refractivity contribution in [2.75, 3.05) is 31.1 Å². The van der Waals surface area contributed by atoms with Crippen molar-refractivity contribution in [3.05, 3.63) is 64.2 Å². The molecule has 0 aromatic heterocycles. The van der Waals surface area contributed by atoms with Crippen molar-refractivity contribution in [2.24, 2.45) is 0 Å². The van der Waals surface area contributed by atoms with E-state index in [1.54, 1.807) is 0 Å². The van der Waals surface area contributed by atoms with Crippen molar-refractivity contribution in [3.8, 4) is 0 Å². The van der Waals surface area contributed by atoms with Crippen molar-refractivity contribution in [3.63, 3.8) is 0 Å². The molecule has 1 aliphatic rings. The zero-order valence-electron chi connectivity index (χ0n) is 16.5. The number of piperazine rings is 1. The molecule has 0 aliphatic carbocycles. The Bertz CT molecular complexity index is 789. The highest BCUT2D eigenvalue weighted by Gasteiger charge is 2.22. The van der Waals surface area contributed by atoms with Crippen LogP contribution in [0.25, 0.3) is 0 Å². The molecule has 1 saturated heterocycles. The predicted molar refractivity (Wildman–Crippen MR) is 109 cm³/mol. The molecule has 26 heavy (non-hydrogen) atoms. The monoisotopic (exact) mass is 350 g/mol. The minimum Gasteiger partial charge on any atom is -0.368 e. The van der Waals surface area contributed by atoms with Gasteiger partial charge in [-0.25, -0.2) is 0 Å². The fourth-order valence-electron chi connectivity index (χ4n) is 3.64. The molecule has 0 bridgehead atoms. The number of carbonyl (C=O) groups excluding carboxylic acids is 1. The third-order valence-corrected chi connectivity index (χ3v) is 5.75. The second-order valence-corrected chi connectivity index (χ2v) is 7.51. The molecule has 3 nitrogen and oxygen atoms in total. The van der Waals surface area contributed by atoms with Gasteiger partial charge in [-0.15, -0.1) is 0 Å². The third kappa shape index (κ3) is 4.09. The van der Waals surface area contributed by atoms with E-state index in [0.717, 1.165) is 32.6 Å². The predicted octanol–water partition coefficient (Wildman–Crippen LogP) is 4.20. The highest BCUT2D eigenvalue weighted by Crippen LogP contribution is 2.24. The zero-order chi connectivity index (χ0) is 18.7. The van der Waals surface area contributed by atoms with Gasteiger partial charge in [0.15, 0.2) is 0 Å². The molecule has 1 heterocycles. The largest absolute Gasteiger partial charge is 0.368 e. The van der Waals surface area contributed by atoms with E-state index in [1.807, 2.05) is 4.90 Å². The van der Waals surface area contributed by atoms with Gasteiger partial charge in [0.05, 0.1) is 0 Å². The number of hydrogen-bond donors (Lipinski definition) is 0. The number of benzene rings is 2. The number of anilines is 1. The van der Waals surface area contributed by atoms with Crippen molar-refractivity contribution in [1.82, 2.24) is 4.90 Å². The van der Waals surface area contributed by atoms with Crippen LogP contribution in [0.4, 0.5) is 5.69 Å². The molecule has 0 atom stereocenters. The van der Waals surface area contributed by atoms with E-state index in [9.17, 15) is 4.79 Å². The average Bonchev–Trinajstić information content (AvgIpc) is 2.65. The van der Waals surface area contributed by atoms with E-state index in [-0.39, 0.29) is 5.91 Å². The molecule has 2 aromatic carbocycles. The summed E-state index contributed by atoms with van der Waals surface area (Å²) in [6, 6.07) is 13.0. The van der Waals surface area contributed by atoms with Gasteiger partial charge in [0.1, 0.15) is 0 Å². The number of nitrogens with zero attached hydrogens (tertiary/aromatic N) is 2. The van der Waals surface area contributed by atoms with Gasteiger partial charge >= 0.3 is 0 Å². The number of hydrogen-bond acceptors (Lipinski definition) is 2. The smallest absolute Gasteiger partial charge is 0.223 e. The summed E-state index contributed by atoms with van der Waals surface area (Å²) < 4.78 is 0. The van der Waals surface area contributed by atoms with Crippen LogP contribution in [-0.4, -0.2) is 37.0 Å². The number of rotatable bonds is 4. The lowest BCUT2D eigenvalue weighted by molar-refractivity contribution is -0.131. The summed E-state index contributed by atoms with van der Waals surface area (Å²) in [4.78, 5) is 17.0. The number of amides is 1. The molecule has 1 fully saturated rings. The molecule has 0 unspecified atom stereocenters. The van der Waals surface area contributed by atoms with Crippen molar-refractivity contribution >= 4 is 11.6 Å². The van der Waals surface area contributed by atoms with Crippen LogP contribution in [0.1, 0.15) is 34.2 Å². The topological polar surface area (TPSA) is 23.6 Å². The van der Waals surface area contributed by atoms with Crippen LogP contribution in [0.2, 0.25) is 0 Å². The van der Waals surface area contributed by atoms with Crippen LogP contribution < -0.4 is 4.90 Å². The Morgan fingerprint density at radius 2 is 1.62 bits per heavy atom. The first-order valence-electron chi connectivity index (χ1n) is 9.61. The Labute approximate surface area is 157 Å². The highest BCUT2D eigenvalue weighted by atomic mass is 16.2. The minimum absolute atomic E-state index is 0.281. The fraction of sp³-hybridized carbons (Fsp3) is 0.435. The van der Waals surface area contributed by atoms with Gasteiger partial charge in [-0.3, -0.25) is 4.79 Å². The average molecular weight is 351 g/mol. The highest BCUT2D eigenvalue weighted by molar-refractivity contribution is 5.77. The van der Waals surface area contributed by atoms with E-state index in [2.05, 4.69) is 69.0 Å². The van der Waals surface area contributed by atoms with E-state index in [1.165, 1.54) is 33.5 Å². The lowest BCUT2D eigenvalue weighted by atomic mass is 10.0. The minimum atomic E-state index is 0.281. The van der Waals surface area contributed by atoms with Crippen molar-refractivity contribution in [2.45, 2.75) is 40.5 Å². The summed E-state index contributed by atoms with van der Waals surface area (Å²) >= 11 is 0. The summed E-state index contributed by atoms with van der Waals surface area (Å²) in [7, 11) is 0. The molecule has 0 spiro atoms. The maximum Gasteiger partial charge on any atom is 0.223 e. The zero-order valence-corrected chi connectivity index (χ0v) is 16.5. The Morgan fingerprint density at radius 3 is 2.31 bits per heavy atom. The van der Waals surface area contributed by atoms with E-state index < -0.39 is 0 Å². The van der Waals surface area contributed by atoms with Crippen LogP contribution in [0, 0.1) is 27.7 Å². The van der Waals surface area contributed by atoms with Crippen molar-refractivity contribution in [1.29, 1.82) is 0 Å². The maximum atomic E-state index is 12.6. The summed E-state index contributed by atoms with van der Waals surface area (Å²) in [5.41, 5.74) is 7.86. The van der Waals surface area contributed by atoms with Crippen molar-refractivity contribution < 1.29 is 4.79 Å². The Morgan fingerprint density at radius 1 is 0.885 bits per heavy atom. The van der Waals surface area contributed by atoms with E-state index in [4.69, 9.17) is 0 Å². The molecule has 1 amide bonds. The van der Waals surface area contributed by atoms with Gasteiger partial charge in [0.2, 0.25) is 5.91 Å². The summed E-state index contributed by atoms with van der Waals surface area (Å²) in [6.07, 6.45) is 1.43. The van der Waals surface area contributed by atoms with Gasteiger partial charge in [0.25, 0.3) is 0 Å². The van der Waals surface area contributed by atoms with Crippen LogP contribution in [-0.2, 0) is 11.2 Å². The third-order valence-electron chi connectivity index (χ3n) is 5.75. The molecule has 3 rings (SSSR count). The number of aryl methyl sites for hydroxylation is 4. The van der Waals surface area contributed by atoms with E-state index in [0.29, 0.717) is 6.42 Å². The normalized spacial score (nSPS) is 14.6. The standard InChI is InChI=1S/C23H30N2O/c1-17-8-9-21(16-19(17)3)10-11-23(26)25-14-12-24(13-15-25)22-7-5-6-18(2)20(22)4/h5-9,16H,10-15H2,1-4H3. The molecule has 0 saturated carbocycles. The van der Waals surface area contributed by atoms with Gasteiger partial charge in [-0.05, 0) is 68.0 Å². The quantitative estimate of drug-likeness (QED) is 0.825. The molecular formula is C23H30N2O. The Balaban J connectivity index is 1.53. The Hall–Kier alpha value is -2.29. The van der Waals surface area contributed by atoms with Crippen LogP contribution in [0.15, 0.2) is 36.4 Å². The van der Waals surface area contributed by atoms with Gasteiger partial charge in [-0.1, -0.05) is 30.3 Å². The van der Waals surface area contributed by atoms with Gasteiger partial charge in [0, 0.05) is 38.3 Å². The fourth-order valence-corrected chi connectivity index (χ4v) is 3.64. The van der Waals surface area contributed by atoms with Crippen LogP contribution in [0.3, 0.4) is 0 Å². The van der Waals surface area contributed by atoms with Crippen LogP contribution >= 0.6 is 0 Å². The molecule has 3 heteroatoms. The first-order valence-corrected chi connectivity index (χ1v) is 9.61. The second-order valence-electron chi connectivity index (χ2n) is 7.51. The maximum absolute atomic E-state index is 12.6. The lowest BCUT2D eigenvalue weighted by Gasteiger charge is -2.37. The summed E-state index contributed by atoms with van der Waals surface area (Å²) in [6.45, 7) is 12.1. The molecule has 1 aliphatic heterocycles. The van der Waals surface area contributed by atoms with Gasteiger partial charge < -0.3 is 9.80 Å². The van der Waals surface area contributed by atoms with Gasteiger partial charge in [-0.2, -0.15) is 0 Å². The van der Waals surface area contributed by atoms with Crippen LogP contribution in [0.5, 0.6) is 0 Å².